The molecule has 0 bridgehead atoms. The molecule has 2 aromatic rings. The molecule has 0 aromatic heterocycles. The van der Waals surface area contributed by atoms with Crippen molar-refractivity contribution in [1.29, 1.82) is 0 Å². The molecule has 9 heteroatoms. The van der Waals surface area contributed by atoms with Gasteiger partial charge in [0.15, 0.2) is 0 Å². The van der Waals surface area contributed by atoms with Crippen LogP contribution in [0.2, 0.25) is 0 Å². The lowest BCUT2D eigenvalue weighted by Gasteiger charge is -2.20. The van der Waals surface area contributed by atoms with Crippen molar-refractivity contribution >= 4 is 25.7 Å². The zero-order valence-corrected chi connectivity index (χ0v) is 15.8. The second-order valence-electron chi connectivity index (χ2n) is 6.17. The lowest BCUT2D eigenvalue weighted by atomic mass is 10.2. The fourth-order valence-electron chi connectivity index (χ4n) is 2.43. The second kappa shape index (κ2) is 6.99. The Bertz CT molecular complexity index is 998. The molecule has 1 aliphatic carbocycles. The molecule has 2 aromatic carbocycles. The summed E-state index contributed by atoms with van der Waals surface area (Å²) >= 11 is 0. The maximum atomic E-state index is 12.8. The van der Waals surface area contributed by atoms with Gasteiger partial charge in [-0.15, -0.1) is 0 Å². The Morgan fingerprint density at radius 3 is 2.23 bits per heavy atom. The van der Waals surface area contributed by atoms with Crippen molar-refractivity contribution in [3.63, 3.8) is 0 Å². The standard InChI is InChI=1S/C17H20N2O5S2/c1-19(15-4-2-3-13(11-15)12-20)26(23,24)17-9-7-16(8-10-17)25(21,22)18-14-5-6-14/h2-4,7-11,14,18,20H,5-6,12H2,1H3. The molecule has 0 atom stereocenters. The lowest BCUT2D eigenvalue weighted by molar-refractivity contribution is 0.282. The van der Waals surface area contributed by atoms with Crippen LogP contribution < -0.4 is 9.03 Å². The molecule has 0 saturated heterocycles. The van der Waals surface area contributed by atoms with E-state index in [-0.39, 0.29) is 22.4 Å². The molecule has 140 valence electrons. The Hall–Kier alpha value is -1.94. The molecule has 1 saturated carbocycles. The number of nitrogens with one attached hydrogen (secondary N) is 1. The molecule has 1 fully saturated rings. The maximum absolute atomic E-state index is 12.8. The normalized spacial score (nSPS) is 15.0. The predicted molar refractivity (Wildman–Crippen MR) is 97.7 cm³/mol. The smallest absolute Gasteiger partial charge is 0.264 e. The van der Waals surface area contributed by atoms with Crippen LogP contribution in [0.15, 0.2) is 58.3 Å². The molecule has 0 spiro atoms. The van der Waals surface area contributed by atoms with Gasteiger partial charge < -0.3 is 5.11 Å². The highest BCUT2D eigenvalue weighted by atomic mass is 32.2. The SMILES string of the molecule is CN(c1cccc(CO)c1)S(=O)(=O)c1ccc(S(=O)(=O)NC2CC2)cc1. The molecule has 26 heavy (non-hydrogen) atoms. The van der Waals surface area contributed by atoms with Gasteiger partial charge in [0.25, 0.3) is 10.0 Å². The number of anilines is 1. The van der Waals surface area contributed by atoms with Gasteiger partial charge in [-0.05, 0) is 54.8 Å². The van der Waals surface area contributed by atoms with Crippen LogP contribution in [0.25, 0.3) is 0 Å². The number of aliphatic hydroxyl groups is 1. The highest BCUT2D eigenvalue weighted by Gasteiger charge is 2.28. The fourth-order valence-corrected chi connectivity index (χ4v) is 4.92. The number of sulfonamides is 2. The summed E-state index contributed by atoms with van der Waals surface area (Å²) in [5, 5.41) is 9.21. The van der Waals surface area contributed by atoms with Gasteiger partial charge in [0.1, 0.15) is 0 Å². The summed E-state index contributed by atoms with van der Waals surface area (Å²) in [6.45, 7) is -0.192. The van der Waals surface area contributed by atoms with Crippen LogP contribution in [0.5, 0.6) is 0 Å². The summed E-state index contributed by atoms with van der Waals surface area (Å²) in [5.41, 5.74) is 1.00. The zero-order chi connectivity index (χ0) is 18.9. The molecule has 2 N–H and O–H groups in total. The molecule has 0 aliphatic heterocycles. The van der Waals surface area contributed by atoms with Crippen LogP contribution in [-0.4, -0.2) is 35.0 Å². The first-order chi connectivity index (χ1) is 12.2. The van der Waals surface area contributed by atoms with Crippen LogP contribution in [0, 0.1) is 0 Å². The quantitative estimate of drug-likeness (QED) is 0.737. The van der Waals surface area contributed by atoms with E-state index < -0.39 is 20.0 Å². The lowest BCUT2D eigenvalue weighted by Crippen LogP contribution is -2.27. The van der Waals surface area contributed by atoms with Crippen LogP contribution in [0.3, 0.4) is 0 Å². The van der Waals surface area contributed by atoms with E-state index in [1.165, 1.54) is 31.3 Å². The zero-order valence-electron chi connectivity index (χ0n) is 14.2. The van der Waals surface area contributed by atoms with Gasteiger partial charge in [0, 0.05) is 13.1 Å². The highest BCUT2D eigenvalue weighted by Crippen LogP contribution is 2.25. The Morgan fingerprint density at radius 2 is 1.65 bits per heavy atom. The molecule has 1 aliphatic rings. The van der Waals surface area contributed by atoms with Crippen molar-refractivity contribution in [3.05, 3.63) is 54.1 Å². The van der Waals surface area contributed by atoms with Gasteiger partial charge in [-0.3, -0.25) is 4.31 Å². The van der Waals surface area contributed by atoms with Crippen LogP contribution in [-0.2, 0) is 26.7 Å². The van der Waals surface area contributed by atoms with Crippen LogP contribution in [0.1, 0.15) is 18.4 Å². The van der Waals surface area contributed by atoms with Crippen molar-refractivity contribution in [2.45, 2.75) is 35.3 Å². The third-order valence-corrected chi connectivity index (χ3v) is 7.48. The molecule has 0 radical (unpaired) electrons. The molecule has 0 unspecified atom stereocenters. The fraction of sp³-hybridized carbons (Fsp3) is 0.294. The Balaban J connectivity index is 1.86. The number of nitrogens with zero attached hydrogens (tertiary/aromatic N) is 1. The first-order valence-corrected chi connectivity index (χ1v) is 11.0. The number of rotatable bonds is 7. The van der Waals surface area contributed by atoms with E-state index >= 15 is 0 Å². The summed E-state index contributed by atoms with van der Waals surface area (Å²) in [5.74, 6) is 0. The topological polar surface area (TPSA) is 104 Å². The average Bonchev–Trinajstić information content (AvgIpc) is 3.44. The van der Waals surface area contributed by atoms with Gasteiger partial charge >= 0.3 is 0 Å². The van der Waals surface area contributed by atoms with Gasteiger partial charge in [-0.1, -0.05) is 12.1 Å². The number of hydrogen-bond donors (Lipinski definition) is 2. The van der Waals surface area contributed by atoms with Crippen LogP contribution in [0.4, 0.5) is 5.69 Å². The summed E-state index contributed by atoms with van der Waals surface area (Å²) in [6, 6.07) is 11.7. The van der Waals surface area contributed by atoms with E-state index in [9.17, 15) is 21.9 Å². The molecular weight excluding hydrogens is 376 g/mol. The van der Waals surface area contributed by atoms with Crippen LogP contribution >= 0.6 is 0 Å². The van der Waals surface area contributed by atoms with E-state index in [2.05, 4.69) is 4.72 Å². The Morgan fingerprint density at radius 1 is 1.04 bits per heavy atom. The molecule has 7 nitrogen and oxygen atoms in total. The van der Waals surface area contributed by atoms with Crippen molar-refractivity contribution < 1.29 is 21.9 Å². The maximum Gasteiger partial charge on any atom is 0.264 e. The highest BCUT2D eigenvalue weighted by molar-refractivity contribution is 7.92. The minimum absolute atomic E-state index is 0.0141. The summed E-state index contributed by atoms with van der Waals surface area (Å²) in [4.78, 5) is 0.0213. The first-order valence-electron chi connectivity index (χ1n) is 8.05. The van der Waals surface area contributed by atoms with E-state index in [1.807, 2.05) is 0 Å². The third-order valence-electron chi connectivity index (χ3n) is 4.15. The summed E-state index contributed by atoms with van der Waals surface area (Å²) < 4.78 is 53.6. The van der Waals surface area contributed by atoms with Crippen molar-refractivity contribution in [2.75, 3.05) is 11.4 Å². The summed E-state index contributed by atoms with van der Waals surface area (Å²) in [7, 11) is -6.07. The third kappa shape index (κ3) is 3.90. The minimum Gasteiger partial charge on any atom is -0.392 e. The average molecular weight is 396 g/mol. The van der Waals surface area contributed by atoms with E-state index in [0.717, 1.165) is 17.1 Å². The molecule has 0 heterocycles. The van der Waals surface area contributed by atoms with Crippen molar-refractivity contribution in [3.8, 4) is 0 Å². The Kier molecular flexibility index (Phi) is 5.07. The Labute approximate surface area is 153 Å². The number of aliphatic hydroxyl groups excluding tert-OH is 1. The second-order valence-corrected chi connectivity index (χ2v) is 9.85. The van der Waals surface area contributed by atoms with E-state index in [1.54, 1.807) is 24.3 Å². The van der Waals surface area contributed by atoms with Crippen molar-refractivity contribution in [2.24, 2.45) is 0 Å². The minimum atomic E-state index is -3.85. The van der Waals surface area contributed by atoms with Crippen molar-refractivity contribution in [1.82, 2.24) is 4.72 Å². The number of benzene rings is 2. The molecule has 0 amide bonds. The van der Waals surface area contributed by atoms with E-state index in [4.69, 9.17) is 0 Å². The van der Waals surface area contributed by atoms with Gasteiger partial charge in [-0.2, -0.15) is 0 Å². The molecular formula is C17H20N2O5S2. The summed E-state index contributed by atoms with van der Waals surface area (Å²) in [6.07, 6.45) is 1.65. The van der Waals surface area contributed by atoms with Gasteiger partial charge in [-0.25, -0.2) is 21.6 Å². The van der Waals surface area contributed by atoms with Gasteiger partial charge in [0.2, 0.25) is 10.0 Å². The van der Waals surface area contributed by atoms with E-state index in [0.29, 0.717) is 11.3 Å². The molecule has 3 rings (SSSR count). The number of hydrogen-bond acceptors (Lipinski definition) is 5. The monoisotopic (exact) mass is 396 g/mol. The first kappa shape index (κ1) is 18.8. The predicted octanol–water partition coefficient (Wildman–Crippen LogP) is 1.44. The largest absolute Gasteiger partial charge is 0.392 e. The van der Waals surface area contributed by atoms with Gasteiger partial charge in [0.05, 0.1) is 22.1 Å².